The molecule has 2 rings (SSSR count). The minimum atomic E-state index is -0.200. The molecule has 0 aromatic carbocycles. The minimum Gasteiger partial charge on any atom is -0.266 e. The van der Waals surface area contributed by atoms with Crippen molar-refractivity contribution in [2.75, 3.05) is 0 Å². The van der Waals surface area contributed by atoms with Crippen molar-refractivity contribution in [2.45, 2.75) is 19.3 Å². The lowest BCUT2D eigenvalue weighted by molar-refractivity contribution is 0.0951. The van der Waals surface area contributed by atoms with Gasteiger partial charge in [-0.3, -0.25) is 9.59 Å². The third-order valence-corrected chi connectivity index (χ3v) is 4.41. The molecule has 8 heteroatoms. The SMILES string of the molecule is O=C(N/N=C/CCC/C=N/NC(=O)c1cccs1)c1cccs1. The van der Waals surface area contributed by atoms with E-state index in [1.165, 1.54) is 22.7 Å². The van der Waals surface area contributed by atoms with Crippen LogP contribution in [0.25, 0.3) is 0 Å². The van der Waals surface area contributed by atoms with Crippen molar-refractivity contribution in [2.24, 2.45) is 10.2 Å². The van der Waals surface area contributed by atoms with Crippen LogP contribution >= 0.6 is 22.7 Å². The number of amides is 2. The van der Waals surface area contributed by atoms with E-state index < -0.39 is 0 Å². The van der Waals surface area contributed by atoms with Crippen LogP contribution in [0.15, 0.2) is 45.2 Å². The van der Waals surface area contributed by atoms with Crippen molar-refractivity contribution in [3.63, 3.8) is 0 Å². The summed E-state index contributed by atoms with van der Waals surface area (Å²) in [5.41, 5.74) is 4.94. The molecule has 2 N–H and O–H groups in total. The number of rotatable bonds is 8. The summed E-state index contributed by atoms with van der Waals surface area (Å²) in [6.45, 7) is 0. The number of unbranched alkanes of at least 4 members (excludes halogenated alkanes) is 2. The van der Waals surface area contributed by atoms with Gasteiger partial charge in [0.15, 0.2) is 0 Å². The molecule has 23 heavy (non-hydrogen) atoms. The molecular weight excluding hydrogens is 332 g/mol. The van der Waals surface area contributed by atoms with Crippen LogP contribution in [0.2, 0.25) is 0 Å². The summed E-state index contributed by atoms with van der Waals surface area (Å²) in [5.74, 6) is -0.400. The summed E-state index contributed by atoms with van der Waals surface area (Å²) in [6, 6.07) is 7.13. The van der Waals surface area contributed by atoms with Gasteiger partial charge >= 0.3 is 0 Å². The Morgan fingerprint density at radius 2 is 1.39 bits per heavy atom. The summed E-state index contributed by atoms with van der Waals surface area (Å²) in [6.07, 6.45) is 5.58. The number of hydrazone groups is 2. The highest BCUT2D eigenvalue weighted by Gasteiger charge is 2.04. The van der Waals surface area contributed by atoms with Crippen molar-refractivity contribution in [3.8, 4) is 0 Å². The largest absolute Gasteiger partial charge is 0.281 e. The molecule has 0 spiro atoms. The zero-order chi connectivity index (χ0) is 16.3. The number of hydrogen-bond acceptors (Lipinski definition) is 6. The molecule has 120 valence electrons. The van der Waals surface area contributed by atoms with Gasteiger partial charge < -0.3 is 0 Å². The number of hydrogen-bond donors (Lipinski definition) is 2. The highest BCUT2D eigenvalue weighted by atomic mass is 32.1. The molecule has 0 aliphatic carbocycles. The fraction of sp³-hybridized carbons (Fsp3) is 0.200. The second kappa shape index (κ2) is 9.65. The highest BCUT2D eigenvalue weighted by Crippen LogP contribution is 2.08. The molecule has 0 aliphatic rings. The molecule has 0 atom stereocenters. The van der Waals surface area contributed by atoms with Gasteiger partial charge in [-0.15, -0.1) is 22.7 Å². The molecule has 0 bridgehead atoms. The lowest BCUT2D eigenvalue weighted by Crippen LogP contribution is -2.16. The van der Waals surface area contributed by atoms with Gasteiger partial charge in [0, 0.05) is 12.4 Å². The lowest BCUT2D eigenvalue weighted by atomic mass is 10.3. The third-order valence-electron chi connectivity index (χ3n) is 2.67. The number of thiophene rings is 2. The molecule has 2 aromatic rings. The Morgan fingerprint density at radius 1 is 0.913 bits per heavy atom. The van der Waals surface area contributed by atoms with E-state index in [1.54, 1.807) is 24.6 Å². The first-order valence-corrected chi connectivity index (χ1v) is 8.74. The normalized spacial score (nSPS) is 11.1. The Morgan fingerprint density at radius 3 is 1.78 bits per heavy atom. The van der Waals surface area contributed by atoms with Gasteiger partial charge in [-0.25, -0.2) is 10.9 Å². The summed E-state index contributed by atoms with van der Waals surface area (Å²) >= 11 is 2.75. The summed E-state index contributed by atoms with van der Waals surface area (Å²) in [5, 5.41) is 11.4. The maximum absolute atomic E-state index is 11.6. The van der Waals surface area contributed by atoms with Gasteiger partial charge in [0.25, 0.3) is 11.8 Å². The second-order valence-corrected chi connectivity index (χ2v) is 6.29. The van der Waals surface area contributed by atoms with Crippen LogP contribution in [0.3, 0.4) is 0 Å². The second-order valence-electron chi connectivity index (χ2n) is 4.39. The van der Waals surface area contributed by atoms with Crippen molar-refractivity contribution in [1.82, 2.24) is 10.9 Å². The van der Waals surface area contributed by atoms with E-state index in [9.17, 15) is 9.59 Å². The van der Waals surface area contributed by atoms with Crippen molar-refractivity contribution >= 4 is 46.9 Å². The van der Waals surface area contributed by atoms with E-state index in [0.717, 1.165) is 19.3 Å². The van der Waals surface area contributed by atoms with Crippen LogP contribution in [0.4, 0.5) is 0 Å². The Labute approximate surface area is 141 Å². The molecule has 0 aliphatic heterocycles. The van der Waals surface area contributed by atoms with E-state index in [1.807, 2.05) is 22.9 Å². The average molecular weight is 348 g/mol. The zero-order valence-corrected chi connectivity index (χ0v) is 13.9. The van der Waals surface area contributed by atoms with E-state index in [-0.39, 0.29) is 11.8 Å². The minimum absolute atomic E-state index is 0.200. The maximum atomic E-state index is 11.6. The van der Waals surface area contributed by atoms with E-state index in [2.05, 4.69) is 21.1 Å². The summed E-state index contributed by atoms with van der Waals surface area (Å²) in [4.78, 5) is 24.4. The Bertz CT molecular complexity index is 605. The summed E-state index contributed by atoms with van der Waals surface area (Å²) in [7, 11) is 0. The van der Waals surface area contributed by atoms with Gasteiger partial charge in [0.1, 0.15) is 0 Å². The molecule has 0 unspecified atom stereocenters. The van der Waals surface area contributed by atoms with Crippen LogP contribution in [0.5, 0.6) is 0 Å². The molecule has 2 aromatic heterocycles. The monoisotopic (exact) mass is 348 g/mol. The fourth-order valence-corrected chi connectivity index (χ4v) is 2.79. The van der Waals surface area contributed by atoms with Crippen LogP contribution in [-0.4, -0.2) is 24.2 Å². The molecule has 0 fully saturated rings. The molecule has 2 amide bonds. The Balaban J connectivity index is 1.53. The Hall–Kier alpha value is -2.32. The van der Waals surface area contributed by atoms with Crippen LogP contribution < -0.4 is 10.9 Å². The van der Waals surface area contributed by atoms with E-state index >= 15 is 0 Å². The van der Waals surface area contributed by atoms with Gasteiger partial charge in [-0.2, -0.15) is 10.2 Å². The van der Waals surface area contributed by atoms with E-state index in [4.69, 9.17) is 0 Å². The maximum Gasteiger partial charge on any atom is 0.281 e. The summed E-state index contributed by atoms with van der Waals surface area (Å²) < 4.78 is 0. The molecule has 0 saturated heterocycles. The van der Waals surface area contributed by atoms with E-state index in [0.29, 0.717) is 9.75 Å². The van der Waals surface area contributed by atoms with Crippen molar-refractivity contribution < 1.29 is 9.59 Å². The van der Waals surface area contributed by atoms with Gasteiger partial charge in [0.2, 0.25) is 0 Å². The van der Waals surface area contributed by atoms with Gasteiger partial charge in [0.05, 0.1) is 9.75 Å². The van der Waals surface area contributed by atoms with Gasteiger partial charge in [-0.05, 0) is 42.2 Å². The number of carbonyl (C=O) groups excluding carboxylic acids is 2. The topological polar surface area (TPSA) is 82.9 Å². The van der Waals surface area contributed by atoms with Gasteiger partial charge in [-0.1, -0.05) is 12.1 Å². The quantitative estimate of drug-likeness (QED) is 0.436. The number of nitrogens with zero attached hydrogens (tertiary/aromatic N) is 2. The highest BCUT2D eigenvalue weighted by molar-refractivity contribution is 7.12. The third kappa shape index (κ3) is 6.13. The van der Waals surface area contributed by atoms with Crippen LogP contribution in [0, 0.1) is 0 Å². The first kappa shape index (κ1) is 17.0. The standard InChI is InChI=1S/C15H16N4O2S2/c20-14(12-6-4-10-22-12)18-16-8-2-1-3-9-17-19-15(21)13-7-5-11-23-13/h4-11H,1-3H2,(H,18,20)(H,19,21)/b16-8+,17-9+. The first-order chi connectivity index (χ1) is 11.3. The predicted molar refractivity (Wildman–Crippen MR) is 94.4 cm³/mol. The fourth-order valence-electron chi connectivity index (χ4n) is 1.56. The molecule has 0 radical (unpaired) electrons. The molecule has 2 heterocycles. The lowest BCUT2D eigenvalue weighted by Gasteiger charge is -1.96. The molecule has 6 nitrogen and oxygen atoms in total. The Kier molecular flexibility index (Phi) is 7.15. The molecular formula is C15H16N4O2S2. The number of nitrogens with one attached hydrogen (secondary N) is 2. The van der Waals surface area contributed by atoms with Crippen molar-refractivity contribution in [1.29, 1.82) is 0 Å². The molecule has 0 saturated carbocycles. The van der Waals surface area contributed by atoms with Crippen LogP contribution in [-0.2, 0) is 0 Å². The predicted octanol–water partition coefficient (Wildman–Crippen LogP) is 3.11. The first-order valence-electron chi connectivity index (χ1n) is 6.98. The zero-order valence-electron chi connectivity index (χ0n) is 12.3. The van der Waals surface area contributed by atoms with Crippen LogP contribution in [0.1, 0.15) is 38.6 Å². The smallest absolute Gasteiger partial charge is 0.266 e. The number of carbonyl (C=O) groups is 2. The average Bonchev–Trinajstić information content (AvgIpc) is 3.25. The van der Waals surface area contributed by atoms with Crippen molar-refractivity contribution in [3.05, 3.63) is 44.8 Å².